The van der Waals surface area contributed by atoms with Crippen molar-refractivity contribution >= 4 is 35.0 Å². The van der Waals surface area contributed by atoms with Crippen LogP contribution in [0.3, 0.4) is 0 Å². The van der Waals surface area contributed by atoms with Crippen LogP contribution >= 0.6 is 23.4 Å². The summed E-state index contributed by atoms with van der Waals surface area (Å²) in [7, 11) is 0. The molecule has 0 saturated carbocycles. The van der Waals surface area contributed by atoms with Crippen molar-refractivity contribution in [2.75, 3.05) is 17.7 Å². The van der Waals surface area contributed by atoms with Gasteiger partial charge in [0.15, 0.2) is 11.8 Å². The number of aryl methyl sites for hydroxylation is 2. The fourth-order valence-electron chi connectivity index (χ4n) is 2.86. The maximum absolute atomic E-state index is 12.2. The van der Waals surface area contributed by atoms with Crippen LogP contribution in [0.5, 0.6) is 5.75 Å². The van der Waals surface area contributed by atoms with Gasteiger partial charge in [-0.1, -0.05) is 35.5 Å². The van der Waals surface area contributed by atoms with E-state index in [1.807, 2.05) is 37.3 Å². The van der Waals surface area contributed by atoms with Crippen LogP contribution in [0.1, 0.15) is 5.56 Å². The van der Waals surface area contributed by atoms with E-state index in [-0.39, 0.29) is 12.5 Å². The molecule has 0 bridgehead atoms. The second-order valence-electron chi connectivity index (χ2n) is 6.28. The zero-order chi connectivity index (χ0) is 18.8. The average molecular weight is 400 g/mol. The minimum atomic E-state index is -0.220. The lowest BCUT2D eigenvalue weighted by Crippen LogP contribution is -2.20. The molecule has 3 aromatic rings. The Morgan fingerprint density at radius 2 is 2.22 bits per heavy atom. The summed E-state index contributed by atoms with van der Waals surface area (Å²) >= 11 is 7.76. The molecule has 2 aromatic carbocycles. The van der Waals surface area contributed by atoms with Gasteiger partial charge in [-0.25, -0.2) is 4.98 Å². The predicted molar refractivity (Wildman–Crippen MR) is 109 cm³/mol. The minimum absolute atomic E-state index is 0.0687. The topological polar surface area (TPSA) is 56.1 Å². The van der Waals surface area contributed by atoms with Crippen molar-refractivity contribution in [2.24, 2.45) is 0 Å². The number of hydrogen-bond donors (Lipinski definition) is 1. The zero-order valence-electron chi connectivity index (χ0n) is 14.7. The van der Waals surface area contributed by atoms with Gasteiger partial charge in [-0.15, -0.1) is 0 Å². The summed E-state index contributed by atoms with van der Waals surface area (Å²) in [6.45, 7) is 2.82. The Balaban J connectivity index is 1.40. The fraction of sp³-hybridized carbons (Fsp3) is 0.200. The van der Waals surface area contributed by atoms with E-state index >= 15 is 0 Å². The number of ether oxygens (including phenoxy) is 1. The molecule has 4 rings (SSSR count). The van der Waals surface area contributed by atoms with Crippen LogP contribution in [0.2, 0.25) is 5.02 Å². The lowest BCUT2D eigenvalue weighted by Gasteiger charge is -2.09. The number of benzene rings is 2. The smallest absolute Gasteiger partial charge is 0.262 e. The summed E-state index contributed by atoms with van der Waals surface area (Å²) in [6, 6.07) is 13.0. The summed E-state index contributed by atoms with van der Waals surface area (Å²) in [5.41, 5.74) is 3.52. The van der Waals surface area contributed by atoms with Crippen molar-refractivity contribution in [3.8, 4) is 17.0 Å². The number of anilines is 1. The predicted octanol–water partition coefficient (Wildman–Crippen LogP) is 4.64. The van der Waals surface area contributed by atoms with Crippen LogP contribution in [-0.2, 0) is 11.3 Å². The Morgan fingerprint density at radius 3 is 3.04 bits per heavy atom. The van der Waals surface area contributed by atoms with Gasteiger partial charge in [-0.2, -0.15) is 0 Å². The molecule has 1 amide bonds. The number of amides is 1. The van der Waals surface area contributed by atoms with E-state index in [4.69, 9.17) is 16.3 Å². The number of carbonyl (C=O) groups excluding carboxylic acids is 1. The molecule has 27 heavy (non-hydrogen) atoms. The molecule has 0 unspecified atom stereocenters. The summed E-state index contributed by atoms with van der Waals surface area (Å²) in [4.78, 5) is 16.9. The number of rotatable bonds is 5. The molecule has 5 nitrogen and oxygen atoms in total. The second kappa shape index (κ2) is 7.66. The first kappa shape index (κ1) is 17.9. The van der Waals surface area contributed by atoms with Crippen LogP contribution in [-0.4, -0.2) is 27.8 Å². The summed E-state index contributed by atoms with van der Waals surface area (Å²) in [6.07, 6.45) is 2.06. The van der Waals surface area contributed by atoms with E-state index in [2.05, 4.69) is 21.1 Å². The van der Waals surface area contributed by atoms with Gasteiger partial charge in [0, 0.05) is 34.8 Å². The lowest BCUT2D eigenvalue weighted by atomic mass is 10.1. The molecule has 0 spiro atoms. The van der Waals surface area contributed by atoms with Gasteiger partial charge in [-0.3, -0.25) is 4.79 Å². The van der Waals surface area contributed by atoms with Gasteiger partial charge in [0.25, 0.3) is 5.91 Å². The molecular formula is C20H18ClN3O2S. The molecule has 0 fully saturated rings. The first-order valence-electron chi connectivity index (χ1n) is 8.58. The number of nitrogens with one attached hydrogen (secondary N) is 1. The van der Waals surface area contributed by atoms with Crippen molar-refractivity contribution < 1.29 is 9.53 Å². The average Bonchev–Trinajstić information content (AvgIpc) is 3.25. The third-order valence-electron chi connectivity index (χ3n) is 4.24. The highest BCUT2D eigenvalue weighted by atomic mass is 35.5. The van der Waals surface area contributed by atoms with Gasteiger partial charge in [-0.05, 0) is 42.8 Å². The second-order valence-corrected chi connectivity index (χ2v) is 7.75. The number of imidazole rings is 1. The molecule has 1 aliphatic heterocycles. The number of thioether (sulfide) groups is 1. The summed E-state index contributed by atoms with van der Waals surface area (Å²) in [5, 5.41) is 4.59. The molecule has 138 valence electrons. The lowest BCUT2D eigenvalue weighted by molar-refractivity contribution is -0.118. The van der Waals surface area contributed by atoms with Crippen LogP contribution in [0.4, 0.5) is 5.69 Å². The first-order chi connectivity index (χ1) is 13.1. The molecule has 2 heterocycles. The molecule has 1 N–H and O–H groups in total. The van der Waals surface area contributed by atoms with E-state index in [1.165, 1.54) is 0 Å². The highest BCUT2D eigenvalue weighted by Gasteiger charge is 2.15. The molecule has 1 aromatic heterocycles. The number of aromatic nitrogens is 2. The van der Waals surface area contributed by atoms with Crippen molar-refractivity contribution in [1.82, 2.24) is 9.55 Å². The van der Waals surface area contributed by atoms with Gasteiger partial charge in [0.05, 0.1) is 5.69 Å². The highest BCUT2D eigenvalue weighted by molar-refractivity contribution is 7.99. The van der Waals surface area contributed by atoms with E-state index < -0.39 is 0 Å². The van der Waals surface area contributed by atoms with E-state index in [9.17, 15) is 4.79 Å². The number of halogens is 1. The van der Waals surface area contributed by atoms with Gasteiger partial charge in [0.1, 0.15) is 5.75 Å². The third-order valence-corrected chi connectivity index (χ3v) is 5.64. The van der Waals surface area contributed by atoms with Crippen LogP contribution in [0, 0.1) is 6.92 Å². The quantitative estimate of drug-likeness (QED) is 0.679. The zero-order valence-corrected chi connectivity index (χ0v) is 16.3. The molecule has 0 aliphatic carbocycles. The highest BCUT2D eigenvalue weighted by Crippen LogP contribution is 2.30. The molecule has 1 aliphatic rings. The van der Waals surface area contributed by atoms with Crippen LogP contribution < -0.4 is 10.1 Å². The maximum atomic E-state index is 12.2. The number of nitrogens with zero attached hydrogens (tertiary/aromatic N) is 2. The molecule has 0 atom stereocenters. The van der Waals surface area contributed by atoms with Crippen molar-refractivity contribution in [3.05, 3.63) is 59.2 Å². The number of hydrogen-bond acceptors (Lipinski definition) is 4. The Morgan fingerprint density at radius 1 is 1.33 bits per heavy atom. The van der Waals surface area contributed by atoms with E-state index in [1.54, 1.807) is 23.9 Å². The van der Waals surface area contributed by atoms with Crippen molar-refractivity contribution in [1.29, 1.82) is 0 Å². The summed E-state index contributed by atoms with van der Waals surface area (Å²) in [5.74, 6) is 1.47. The summed E-state index contributed by atoms with van der Waals surface area (Å²) < 4.78 is 7.70. The van der Waals surface area contributed by atoms with E-state index in [0.29, 0.717) is 16.5 Å². The maximum Gasteiger partial charge on any atom is 0.262 e. The van der Waals surface area contributed by atoms with Crippen molar-refractivity contribution in [2.45, 2.75) is 18.6 Å². The van der Waals surface area contributed by atoms with Crippen molar-refractivity contribution in [3.63, 3.8) is 0 Å². The minimum Gasteiger partial charge on any atom is -0.484 e. The normalized spacial score (nSPS) is 12.7. The third kappa shape index (κ3) is 4.12. The molecular weight excluding hydrogens is 382 g/mol. The van der Waals surface area contributed by atoms with E-state index in [0.717, 1.165) is 34.3 Å². The molecule has 0 radical (unpaired) electrons. The van der Waals surface area contributed by atoms with Gasteiger partial charge in [0.2, 0.25) is 0 Å². The Kier molecular flexibility index (Phi) is 5.09. The van der Waals surface area contributed by atoms with Gasteiger partial charge < -0.3 is 14.6 Å². The first-order valence-corrected chi connectivity index (χ1v) is 9.94. The fourth-order valence-corrected chi connectivity index (χ4v) is 3.92. The standard InChI is InChI=1S/C20H18ClN3O2S/c1-13-9-16(5-6-17(13)21)26-12-19(25)22-15-4-2-3-14(10-15)18-11-24-7-8-27-20(24)23-18/h2-6,9-11H,7-8,12H2,1H3,(H,22,25). The Labute approximate surface area is 166 Å². The molecule has 0 saturated heterocycles. The Bertz CT molecular complexity index is 981. The number of carbonyl (C=O) groups is 1. The number of fused-ring (bicyclic) bond motifs is 1. The monoisotopic (exact) mass is 399 g/mol. The Hall–Kier alpha value is -2.44. The molecule has 7 heteroatoms. The largest absolute Gasteiger partial charge is 0.484 e. The SMILES string of the molecule is Cc1cc(OCC(=O)Nc2cccc(-c3cn4c(n3)SCC4)c2)ccc1Cl. The van der Waals surface area contributed by atoms with Gasteiger partial charge >= 0.3 is 0 Å². The van der Waals surface area contributed by atoms with Crippen LogP contribution in [0.15, 0.2) is 53.8 Å². The van der Waals surface area contributed by atoms with Crippen LogP contribution in [0.25, 0.3) is 11.3 Å².